The molecule has 0 unspecified atom stereocenters. The molecule has 1 rings (SSSR count). The fraction of sp³-hybridized carbons (Fsp3) is 0.300. The Balaban J connectivity index is 2.85. The van der Waals surface area contributed by atoms with Gasteiger partial charge in [-0.25, -0.2) is 4.39 Å². The zero-order valence-electron chi connectivity index (χ0n) is 7.92. The molecule has 3 nitrogen and oxygen atoms in total. The van der Waals surface area contributed by atoms with Gasteiger partial charge in [0.2, 0.25) is 0 Å². The Bertz CT molecular complexity index is 352. The van der Waals surface area contributed by atoms with E-state index in [-0.39, 0.29) is 12.2 Å². The van der Waals surface area contributed by atoms with Crippen LogP contribution >= 0.6 is 0 Å². The van der Waals surface area contributed by atoms with Gasteiger partial charge in [0.15, 0.2) is 0 Å². The summed E-state index contributed by atoms with van der Waals surface area (Å²) in [5.41, 5.74) is 4.75. The number of benzene rings is 1. The molecule has 0 saturated heterocycles. The summed E-state index contributed by atoms with van der Waals surface area (Å²) in [6, 6.07) is 4.14. The number of carbonyl (C=O) groups excluding carboxylic acids is 1. The first-order chi connectivity index (χ1) is 6.50. The van der Waals surface area contributed by atoms with E-state index in [1.165, 1.54) is 6.07 Å². The predicted molar refractivity (Wildman–Crippen MR) is 46.4 cm³/mol. The van der Waals surface area contributed by atoms with Gasteiger partial charge in [-0.2, -0.15) is 0 Å². The maximum atomic E-state index is 13.1. The first-order valence-electron chi connectivity index (χ1n) is 4.29. The summed E-state index contributed by atoms with van der Waals surface area (Å²) in [4.78, 5) is 10.3. The van der Waals surface area contributed by atoms with E-state index in [1.54, 1.807) is 19.1 Å². The molecule has 0 aliphatic carbocycles. The zero-order chi connectivity index (χ0) is 10.7. The minimum Gasteiger partial charge on any atom is -0.550 e. The van der Waals surface area contributed by atoms with Gasteiger partial charge in [-0.05, 0) is 18.6 Å². The van der Waals surface area contributed by atoms with Crippen molar-refractivity contribution in [3.8, 4) is 0 Å². The first kappa shape index (κ1) is 10.7. The SMILES string of the molecule is Cc1ccc([C@H]([NH3+])CC(=O)[O-])cc1F. The summed E-state index contributed by atoms with van der Waals surface area (Å²) < 4.78 is 13.1. The van der Waals surface area contributed by atoms with Crippen LogP contribution in [0.5, 0.6) is 0 Å². The van der Waals surface area contributed by atoms with E-state index in [1.807, 2.05) is 0 Å². The van der Waals surface area contributed by atoms with Gasteiger partial charge < -0.3 is 15.6 Å². The standard InChI is InChI=1S/C10H12FNO2/c1-6-2-3-7(4-8(6)11)9(12)5-10(13)14/h2-4,9H,5,12H2,1H3,(H,13,14)/t9-/m1/s1. The largest absolute Gasteiger partial charge is 0.550 e. The topological polar surface area (TPSA) is 67.8 Å². The van der Waals surface area contributed by atoms with Crippen molar-refractivity contribution >= 4 is 5.97 Å². The van der Waals surface area contributed by atoms with E-state index < -0.39 is 12.0 Å². The van der Waals surface area contributed by atoms with Gasteiger partial charge in [-0.15, -0.1) is 0 Å². The lowest BCUT2D eigenvalue weighted by molar-refractivity contribution is -0.430. The highest BCUT2D eigenvalue weighted by molar-refractivity contribution is 5.65. The third kappa shape index (κ3) is 2.53. The molecule has 4 heteroatoms. The number of hydrogen-bond acceptors (Lipinski definition) is 2. The quantitative estimate of drug-likeness (QED) is 0.713. The molecule has 0 aliphatic heterocycles. The van der Waals surface area contributed by atoms with Crippen LogP contribution in [-0.2, 0) is 4.79 Å². The van der Waals surface area contributed by atoms with Crippen LogP contribution < -0.4 is 10.8 Å². The van der Waals surface area contributed by atoms with Gasteiger partial charge in [0.05, 0.1) is 0 Å². The Labute approximate surface area is 81.4 Å². The summed E-state index contributed by atoms with van der Waals surface area (Å²) in [6.07, 6.45) is -0.192. The molecule has 0 saturated carbocycles. The summed E-state index contributed by atoms with van der Waals surface area (Å²) in [5, 5.41) is 10.3. The molecule has 0 heterocycles. The number of aliphatic carboxylic acids is 1. The van der Waals surface area contributed by atoms with E-state index in [2.05, 4.69) is 5.73 Å². The van der Waals surface area contributed by atoms with Gasteiger partial charge in [0.25, 0.3) is 0 Å². The molecule has 0 radical (unpaired) electrons. The van der Waals surface area contributed by atoms with E-state index in [0.29, 0.717) is 11.1 Å². The third-order valence-corrected chi connectivity index (χ3v) is 2.08. The fourth-order valence-corrected chi connectivity index (χ4v) is 1.18. The third-order valence-electron chi connectivity index (χ3n) is 2.08. The number of quaternary nitrogens is 1. The van der Waals surface area contributed by atoms with Gasteiger partial charge >= 0.3 is 0 Å². The molecule has 0 aromatic heterocycles. The second-order valence-electron chi connectivity index (χ2n) is 3.28. The van der Waals surface area contributed by atoms with Crippen LogP contribution in [0.25, 0.3) is 0 Å². The number of aryl methyl sites for hydroxylation is 1. The lowest BCUT2D eigenvalue weighted by Crippen LogP contribution is -2.55. The van der Waals surface area contributed by atoms with Crippen LogP contribution in [0.1, 0.15) is 23.6 Å². The molecule has 76 valence electrons. The van der Waals surface area contributed by atoms with Crippen molar-refractivity contribution in [1.82, 2.24) is 0 Å². The van der Waals surface area contributed by atoms with Crippen LogP contribution in [0, 0.1) is 12.7 Å². The molecule has 0 fully saturated rings. The number of carboxylic acid groups (broad SMARTS) is 1. The van der Waals surface area contributed by atoms with Crippen molar-refractivity contribution in [1.29, 1.82) is 0 Å². The van der Waals surface area contributed by atoms with Gasteiger partial charge in [-0.3, -0.25) is 0 Å². The molecule has 1 aromatic carbocycles. The van der Waals surface area contributed by atoms with E-state index >= 15 is 0 Å². The van der Waals surface area contributed by atoms with Crippen LogP contribution in [0.3, 0.4) is 0 Å². The van der Waals surface area contributed by atoms with Crippen LogP contribution in [0.2, 0.25) is 0 Å². The zero-order valence-corrected chi connectivity index (χ0v) is 7.92. The molecule has 0 spiro atoms. The molecule has 0 bridgehead atoms. The molecule has 1 aromatic rings. The second kappa shape index (κ2) is 4.19. The molecular weight excluding hydrogens is 185 g/mol. The smallest absolute Gasteiger partial charge is 0.126 e. The summed E-state index contributed by atoms with van der Waals surface area (Å²) in [7, 11) is 0. The van der Waals surface area contributed by atoms with Gasteiger partial charge in [-0.1, -0.05) is 12.1 Å². The highest BCUT2D eigenvalue weighted by Crippen LogP contribution is 2.15. The van der Waals surface area contributed by atoms with E-state index in [0.717, 1.165) is 0 Å². The monoisotopic (exact) mass is 197 g/mol. The van der Waals surface area contributed by atoms with Crippen molar-refractivity contribution in [3.63, 3.8) is 0 Å². The molecular formula is C10H12FNO2. The average Bonchev–Trinajstić information content (AvgIpc) is 2.08. The summed E-state index contributed by atoms with van der Waals surface area (Å²) >= 11 is 0. The first-order valence-corrected chi connectivity index (χ1v) is 4.29. The minimum absolute atomic E-state index is 0.192. The Morgan fingerprint density at radius 1 is 1.64 bits per heavy atom. The molecule has 14 heavy (non-hydrogen) atoms. The lowest BCUT2D eigenvalue weighted by atomic mass is 10.0. The number of carboxylic acids is 1. The normalized spacial score (nSPS) is 12.5. The van der Waals surface area contributed by atoms with Crippen molar-refractivity contribution in [3.05, 3.63) is 35.1 Å². The van der Waals surface area contributed by atoms with Crippen molar-refractivity contribution in [2.75, 3.05) is 0 Å². The predicted octanol–water partition coefficient (Wildman–Crippen LogP) is -0.443. The van der Waals surface area contributed by atoms with Crippen molar-refractivity contribution in [2.45, 2.75) is 19.4 Å². The molecule has 0 amide bonds. The van der Waals surface area contributed by atoms with Gasteiger partial charge in [0, 0.05) is 18.0 Å². The Morgan fingerprint density at radius 2 is 2.29 bits per heavy atom. The van der Waals surface area contributed by atoms with E-state index in [4.69, 9.17) is 0 Å². The summed E-state index contributed by atoms with van der Waals surface area (Å²) in [6.45, 7) is 1.65. The maximum absolute atomic E-state index is 13.1. The summed E-state index contributed by atoms with van der Waals surface area (Å²) in [5.74, 6) is -1.51. The van der Waals surface area contributed by atoms with Crippen LogP contribution in [-0.4, -0.2) is 5.97 Å². The Hall–Kier alpha value is -1.42. The van der Waals surface area contributed by atoms with Gasteiger partial charge in [0.1, 0.15) is 11.9 Å². The number of rotatable bonds is 3. The van der Waals surface area contributed by atoms with Crippen molar-refractivity contribution in [2.24, 2.45) is 0 Å². The second-order valence-corrected chi connectivity index (χ2v) is 3.28. The van der Waals surface area contributed by atoms with Crippen molar-refractivity contribution < 1.29 is 20.0 Å². The highest BCUT2D eigenvalue weighted by atomic mass is 19.1. The maximum Gasteiger partial charge on any atom is 0.126 e. The molecule has 3 N–H and O–H groups in total. The minimum atomic E-state index is -1.18. The van der Waals surface area contributed by atoms with Crippen LogP contribution in [0.4, 0.5) is 4.39 Å². The van der Waals surface area contributed by atoms with Crippen LogP contribution in [0.15, 0.2) is 18.2 Å². The van der Waals surface area contributed by atoms with E-state index in [9.17, 15) is 14.3 Å². The number of carbonyl (C=O) groups is 1. The lowest BCUT2D eigenvalue weighted by Gasteiger charge is -2.10. The number of halogens is 1. The molecule has 1 atom stereocenters. The average molecular weight is 197 g/mol. The fourth-order valence-electron chi connectivity index (χ4n) is 1.18. The molecule has 0 aliphatic rings. The Morgan fingerprint density at radius 3 is 2.79 bits per heavy atom. The Kier molecular flexibility index (Phi) is 3.19. The highest BCUT2D eigenvalue weighted by Gasteiger charge is 2.11. The number of hydrogen-bond donors (Lipinski definition) is 1.